The number of aliphatic carboxylic acids is 1. The van der Waals surface area contributed by atoms with E-state index in [9.17, 15) is 9.90 Å². The second kappa shape index (κ2) is 5.63. The molecule has 7 nitrogen and oxygen atoms in total. The van der Waals surface area contributed by atoms with E-state index >= 15 is 0 Å². The summed E-state index contributed by atoms with van der Waals surface area (Å²) in [6.45, 7) is 4.33. The quantitative estimate of drug-likeness (QED) is 0.891. The lowest BCUT2D eigenvalue weighted by molar-refractivity contribution is -0.149. The van der Waals surface area contributed by atoms with Crippen molar-refractivity contribution >= 4 is 17.7 Å². The molecule has 1 aromatic rings. The van der Waals surface area contributed by atoms with Crippen molar-refractivity contribution in [1.29, 1.82) is 0 Å². The lowest BCUT2D eigenvalue weighted by Gasteiger charge is -2.28. The molecular formula is C16H22N4O3. The highest BCUT2D eigenvalue weighted by Gasteiger charge is 2.55. The fraction of sp³-hybridized carbons (Fsp3) is 0.688. The molecule has 3 aliphatic rings. The monoisotopic (exact) mass is 318 g/mol. The van der Waals surface area contributed by atoms with Crippen molar-refractivity contribution in [2.45, 2.75) is 19.3 Å². The first kappa shape index (κ1) is 14.7. The van der Waals surface area contributed by atoms with Gasteiger partial charge in [-0.1, -0.05) is 6.42 Å². The normalized spacial score (nSPS) is 30.5. The Morgan fingerprint density at radius 2 is 2.17 bits per heavy atom. The summed E-state index contributed by atoms with van der Waals surface area (Å²) in [7, 11) is 0. The number of hydrogen-bond acceptors (Lipinski definition) is 6. The maximum atomic E-state index is 11.8. The van der Waals surface area contributed by atoms with Gasteiger partial charge in [-0.2, -0.15) is 4.98 Å². The van der Waals surface area contributed by atoms with E-state index in [0.29, 0.717) is 25.7 Å². The average Bonchev–Trinajstić information content (AvgIpc) is 3.14. The van der Waals surface area contributed by atoms with Crippen LogP contribution in [0.5, 0.6) is 0 Å². The molecule has 0 unspecified atom stereocenters. The van der Waals surface area contributed by atoms with E-state index in [4.69, 9.17) is 4.74 Å². The standard InChI is InChI=1S/C16H22N4O3/c21-14(22)16-4-1-2-12(16)10-20(11-16)13-3-5-17-15(18-13)19-6-8-23-9-7-19/h3,5,12H,1-2,4,6-11H2,(H,21,22)/t12-,16+/m0/s1. The van der Waals surface area contributed by atoms with Crippen LogP contribution >= 0.6 is 0 Å². The van der Waals surface area contributed by atoms with Crippen molar-refractivity contribution in [1.82, 2.24) is 9.97 Å². The zero-order valence-corrected chi connectivity index (χ0v) is 13.1. The molecule has 0 radical (unpaired) electrons. The number of anilines is 2. The highest BCUT2D eigenvalue weighted by Crippen LogP contribution is 2.49. The molecule has 3 heterocycles. The van der Waals surface area contributed by atoms with Gasteiger partial charge >= 0.3 is 5.97 Å². The fourth-order valence-corrected chi connectivity index (χ4v) is 4.24. The summed E-state index contributed by atoms with van der Waals surface area (Å²) in [5.74, 6) is 1.15. The van der Waals surface area contributed by atoms with Crippen LogP contribution < -0.4 is 9.80 Å². The van der Waals surface area contributed by atoms with Crippen LogP contribution in [0.3, 0.4) is 0 Å². The predicted octanol–water partition coefficient (Wildman–Crippen LogP) is 1.00. The van der Waals surface area contributed by atoms with Crippen molar-refractivity contribution in [2.24, 2.45) is 11.3 Å². The van der Waals surface area contributed by atoms with E-state index in [0.717, 1.165) is 44.7 Å². The Kier molecular flexibility index (Phi) is 3.60. The molecule has 1 saturated carbocycles. The van der Waals surface area contributed by atoms with Crippen LogP contribution in [-0.2, 0) is 9.53 Å². The smallest absolute Gasteiger partial charge is 0.311 e. The number of morpholine rings is 1. The maximum Gasteiger partial charge on any atom is 0.311 e. The van der Waals surface area contributed by atoms with Gasteiger partial charge in [0.05, 0.1) is 18.6 Å². The first-order valence-corrected chi connectivity index (χ1v) is 8.33. The SMILES string of the molecule is O=C(O)[C@@]12CCC[C@H]1CN(c1ccnc(N3CCOCC3)n1)C2. The van der Waals surface area contributed by atoms with Crippen molar-refractivity contribution < 1.29 is 14.6 Å². The van der Waals surface area contributed by atoms with E-state index in [2.05, 4.69) is 19.8 Å². The predicted molar refractivity (Wildman–Crippen MR) is 84.7 cm³/mol. The Morgan fingerprint density at radius 3 is 2.91 bits per heavy atom. The molecule has 1 aliphatic carbocycles. The number of fused-ring (bicyclic) bond motifs is 1. The molecule has 0 bridgehead atoms. The Labute approximate surface area is 135 Å². The highest BCUT2D eigenvalue weighted by molar-refractivity contribution is 5.77. The Hall–Kier alpha value is -1.89. The summed E-state index contributed by atoms with van der Waals surface area (Å²) >= 11 is 0. The van der Waals surface area contributed by atoms with Gasteiger partial charge in [-0.3, -0.25) is 4.79 Å². The van der Waals surface area contributed by atoms with Gasteiger partial charge < -0.3 is 19.6 Å². The number of aromatic nitrogens is 2. The van der Waals surface area contributed by atoms with Gasteiger partial charge in [-0.25, -0.2) is 4.98 Å². The molecule has 7 heteroatoms. The number of hydrogen-bond donors (Lipinski definition) is 1. The first-order chi connectivity index (χ1) is 11.2. The molecular weight excluding hydrogens is 296 g/mol. The van der Waals surface area contributed by atoms with Crippen LogP contribution in [0, 0.1) is 11.3 Å². The number of rotatable bonds is 3. The summed E-state index contributed by atoms with van der Waals surface area (Å²) in [5, 5.41) is 9.72. The van der Waals surface area contributed by atoms with Gasteiger partial charge in [0.1, 0.15) is 5.82 Å². The number of carbonyl (C=O) groups is 1. The Morgan fingerprint density at radius 1 is 1.35 bits per heavy atom. The Balaban J connectivity index is 1.56. The van der Waals surface area contributed by atoms with Crippen LogP contribution in [0.2, 0.25) is 0 Å². The molecule has 0 spiro atoms. The van der Waals surface area contributed by atoms with Gasteiger partial charge in [0.25, 0.3) is 0 Å². The number of ether oxygens (including phenoxy) is 1. The average molecular weight is 318 g/mol. The van der Waals surface area contributed by atoms with E-state index < -0.39 is 11.4 Å². The zero-order chi connectivity index (χ0) is 15.9. The summed E-state index contributed by atoms with van der Waals surface area (Å²) in [4.78, 5) is 25.1. The molecule has 124 valence electrons. The molecule has 1 aromatic heterocycles. The zero-order valence-electron chi connectivity index (χ0n) is 13.1. The van der Waals surface area contributed by atoms with Crippen LogP contribution in [0.4, 0.5) is 11.8 Å². The van der Waals surface area contributed by atoms with Crippen LogP contribution in [0.15, 0.2) is 12.3 Å². The van der Waals surface area contributed by atoms with Gasteiger partial charge in [0.15, 0.2) is 0 Å². The minimum atomic E-state index is -0.648. The van der Waals surface area contributed by atoms with E-state index in [-0.39, 0.29) is 5.92 Å². The van der Waals surface area contributed by atoms with Gasteiger partial charge in [0.2, 0.25) is 5.95 Å². The summed E-state index contributed by atoms with van der Waals surface area (Å²) in [5.41, 5.74) is -0.579. The molecule has 2 atom stereocenters. The third-order valence-corrected chi connectivity index (χ3v) is 5.54. The van der Waals surface area contributed by atoms with Crippen molar-refractivity contribution in [2.75, 3.05) is 49.2 Å². The maximum absolute atomic E-state index is 11.8. The third-order valence-electron chi connectivity index (χ3n) is 5.54. The molecule has 3 fully saturated rings. The summed E-state index contributed by atoms with van der Waals surface area (Å²) < 4.78 is 5.37. The minimum Gasteiger partial charge on any atom is -0.481 e. The van der Waals surface area contributed by atoms with Crippen molar-refractivity contribution in [3.8, 4) is 0 Å². The van der Waals surface area contributed by atoms with Crippen LogP contribution in [0.25, 0.3) is 0 Å². The topological polar surface area (TPSA) is 78.8 Å². The largest absolute Gasteiger partial charge is 0.481 e. The molecule has 2 aliphatic heterocycles. The number of nitrogens with zero attached hydrogens (tertiary/aromatic N) is 4. The second-order valence-corrected chi connectivity index (χ2v) is 6.75. The minimum absolute atomic E-state index is 0.238. The van der Waals surface area contributed by atoms with Crippen LogP contribution in [0.1, 0.15) is 19.3 Å². The van der Waals surface area contributed by atoms with Crippen molar-refractivity contribution in [3.63, 3.8) is 0 Å². The molecule has 2 saturated heterocycles. The second-order valence-electron chi connectivity index (χ2n) is 6.75. The van der Waals surface area contributed by atoms with Crippen LogP contribution in [-0.4, -0.2) is 60.4 Å². The fourth-order valence-electron chi connectivity index (χ4n) is 4.24. The Bertz CT molecular complexity index is 605. The van der Waals surface area contributed by atoms with E-state index in [1.165, 1.54) is 0 Å². The first-order valence-electron chi connectivity index (χ1n) is 8.33. The number of carboxylic acid groups (broad SMARTS) is 1. The molecule has 0 aromatic carbocycles. The van der Waals surface area contributed by atoms with Gasteiger partial charge in [0, 0.05) is 32.4 Å². The number of carboxylic acids is 1. The van der Waals surface area contributed by atoms with E-state index in [1.54, 1.807) is 6.20 Å². The molecule has 1 N–H and O–H groups in total. The molecule has 4 rings (SSSR count). The molecule has 23 heavy (non-hydrogen) atoms. The van der Waals surface area contributed by atoms with Crippen molar-refractivity contribution in [3.05, 3.63) is 12.3 Å². The lowest BCUT2D eigenvalue weighted by atomic mass is 9.81. The van der Waals surface area contributed by atoms with Gasteiger partial charge in [-0.05, 0) is 24.8 Å². The lowest BCUT2D eigenvalue weighted by Crippen LogP contribution is -2.38. The summed E-state index contributed by atoms with van der Waals surface area (Å²) in [6, 6.07) is 1.89. The van der Waals surface area contributed by atoms with E-state index in [1.807, 2.05) is 6.07 Å². The van der Waals surface area contributed by atoms with Gasteiger partial charge in [-0.15, -0.1) is 0 Å². The molecule has 0 amide bonds. The highest BCUT2D eigenvalue weighted by atomic mass is 16.5. The summed E-state index contributed by atoms with van der Waals surface area (Å²) in [6.07, 6.45) is 4.58. The third kappa shape index (κ3) is 2.43.